The van der Waals surface area contributed by atoms with Crippen LogP contribution in [-0.4, -0.2) is 64.3 Å². The van der Waals surface area contributed by atoms with E-state index in [1.807, 2.05) is 0 Å². The molecule has 1 atom stereocenters. The van der Waals surface area contributed by atoms with E-state index < -0.39 is 17.3 Å². The first-order chi connectivity index (χ1) is 9.62. The predicted octanol–water partition coefficient (Wildman–Crippen LogP) is 1.00. The summed E-state index contributed by atoms with van der Waals surface area (Å²) in [5, 5.41) is 10.4. The van der Waals surface area contributed by atoms with Gasteiger partial charge in [-0.2, -0.15) is 0 Å². The lowest BCUT2D eigenvalue weighted by molar-refractivity contribution is -0.139. The zero-order valence-electron chi connectivity index (χ0n) is 13.0. The Bertz CT molecular complexity index is 449. The van der Waals surface area contributed by atoms with Crippen molar-refractivity contribution in [3.8, 4) is 0 Å². The lowest BCUT2D eigenvalue weighted by Crippen LogP contribution is -2.68. The molecule has 2 amide bonds. The maximum absolute atomic E-state index is 11.8. The molecule has 6 nitrogen and oxygen atoms in total. The molecule has 2 fully saturated rings. The van der Waals surface area contributed by atoms with Gasteiger partial charge in [0.1, 0.15) is 11.2 Å². The Morgan fingerprint density at radius 3 is 2.62 bits per heavy atom. The Kier molecular flexibility index (Phi) is 4.02. The molecule has 21 heavy (non-hydrogen) atoms. The van der Waals surface area contributed by atoms with E-state index >= 15 is 0 Å². The van der Waals surface area contributed by atoms with Crippen LogP contribution in [0.15, 0.2) is 12.7 Å². The summed E-state index contributed by atoms with van der Waals surface area (Å²) in [6.45, 7) is 10.4. The number of carbonyl (C=O) groups excluding carboxylic acids is 2. The number of ether oxygens (including phenoxy) is 1. The van der Waals surface area contributed by atoms with Crippen LogP contribution in [0.25, 0.3) is 0 Å². The SMILES string of the molecule is C=CC1CC(=O)N(CC2(O)CN(C(=O)OC(C)(C)C)C2)C1. The molecular formula is C15H24N2O4. The van der Waals surface area contributed by atoms with Crippen molar-refractivity contribution >= 4 is 12.0 Å². The fraction of sp³-hybridized carbons (Fsp3) is 0.733. The van der Waals surface area contributed by atoms with Gasteiger partial charge < -0.3 is 19.6 Å². The molecule has 2 saturated heterocycles. The molecule has 0 aromatic rings. The van der Waals surface area contributed by atoms with Crippen molar-refractivity contribution in [1.29, 1.82) is 0 Å². The Balaban J connectivity index is 1.83. The van der Waals surface area contributed by atoms with Crippen molar-refractivity contribution in [3.05, 3.63) is 12.7 Å². The molecule has 0 radical (unpaired) electrons. The topological polar surface area (TPSA) is 70.1 Å². The van der Waals surface area contributed by atoms with Crippen LogP contribution in [0.2, 0.25) is 0 Å². The van der Waals surface area contributed by atoms with Gasteiger partial charge >= 0.3 is 6.09 Å². The average Bonchev–Trinajstić information content (AvgIpc) is 2.64. The second-order valence-electron chi connectivity index (χ2n) is 7.03. The van der Waals surface area contributed by atoms with Crippen LogP contribution < -0.4 is 0 Å². The lowest BCUT2D eigenvalue weighted by atomic mass is 9.94. The van der Waals surface area contributed by atoms with Gasteiger partial charge in [0.2, 0.25) is 5.91 Å². The molecule has 2 rings (SSSR count). The molecule has 1 N–H and O–H groups in total. The molecule has 0 aliphatic carbocycles. The van der Waals surface area contributed by atoms with Crippen LogP contribution in [0.4, 0.5) is 4.79 Å². The molecule has 1 unspecified atom stereocenters. The molecule has 0 spiro atoms. The van der Waals surface area contributed by atoms with Crippen molar-refractivity contribution in [3.63, 3.8) is 0 Å². The van der Waals surface area contributed by atoms with Gasteiger partial charge in [0, 0.05) is 18.9 Å². The third kappa shape index (κ3) is 3.75. The molecule has 118 valence electrons. The van der Waals surface area contributed by atoms with E-state index in [0.717, 1.165) is 0 Å². The van der Waals surface area contributed by atoms with Gasteiger partial charge in [-0.3, -0.25) is 4.79 Å². The summed E-state index contributed by atoms with van der Waals surface area (Å²) in [6, 6.07) is 0. The second kappa shape index (κ2) is 5.33. The van der Waals surface area contributed by atoms with Crippen molar-refractivity contribution in [2.24, 2.45) is 5.92 Å². The Morgan fingerprint density at radius 1 is 1.52 bits per heavy atom. The minimum atomic E-state index is -1.03. The average molecular weight is 296 g/mol. The van der Waals surface area contributed by atoms with E-state index in [2.05, 4.69) is 6.58 Å². The maximum atomic E-state index is 11.8. The summed E-state index contributed by atoms with van der Waals surface area (Å²) in [7, 11) is 0. The number of likely N-dealkylation sites (tertiary alicyclic amines) is 2. The molecule has 0 saturated carbocycles. The zero-order chi connectivity index (χ0) is 15.8. The van der Waals surface area contributed by atoms with Gasteiger partial charge in [0.25, 0.3) is 0 Å². The standard InChI is InChI=1S/C15H24N2O4/c1-5-11-6-12(18)16(7-11)8-15(20)9-17(10-15)13(19)21-14(2,3)4/h5,11,20H,1,6-10H2,2-4H3. The van der Waals surface area contributed by atoms with Crippen LogP contribution in [0.1, 0.15) is 27.2 Å². The molecule has 2 aliphatic rings. The number of hydrogen-bond donors (Lipinski definition) is 1. The van der Waals surface area contributed by atoms with Crippen molar-refractivity contribution in [2.75, 3.05) is 26.2 Å². The third-order valence-electron chi connectivity index (χ3n) is 3.68. The highest BCUT2D eigenvalue weighted by atomic mass is 16.6. The van der Waals surface area contributed by atoms with Gasteiger partial charge in [-0.15, -0.1) is 6.58 Å². The lowest BCUT2D eigenvalue weighted by Gasteiger charge is -2.47. The van der Waals surface area contributed by atoms with Gasteiger partial charge in [0.15, 0.2) is 0 Å². The van der Waals surface area contributed by atoms with E-state index in [1.165, 1.54) is 4.90 Å². The fourth-order valence-electron chi connectivity index (χ4n) is 2.69. The number of aliphatic hydroxyl groups is 1. The zero-order valence-corrected chi connectivity index (χ0v) is 13.0. The van der Waals surface area contributed by atoms with E-state index in [9.17, 15) is 14.7 Å². The van der Waals surface area contributed by atoms with E-state index in [-0.39, 0.29) is 31.5 Å². The van der Waals surface area contributed by atoms with Gasteiger partial charge in [-0.25, -0.2) is 4.79 Å². The largest absolute Gasteiger partial charge is 0.444 e. The van der Waals surface area contributed by atoms with Gasteiger partial charge in [-0.05, 0) is 20.8 Å². The summed E-state index contributed by atoms with van der Waals surface area (Å²) in [5.41, 5.74) is -1.57. The minimum absolute atomic E-state index is 0.0315. The van der Waals surface area contributed by atoms with Crippen LogP contribution in [-0.2, 0) is 9.53 Å². The first-order valence-electron chi connectivity index (χ1n) is 7.22. The number of β-amino-alcohol motifs (C(OH)–C–C–N with tert-alkyl or cyclic N) is 1. The Morgan fingerprint density at radius 2 is 2.14 bits per heavy atom. The van der Waals surface area contributed by atoms with Gasteiger partial charge in [-0.1, -0.05) is 6.08 Å². The summed E-state index contributed by atoms with van der Waals surface area (Å²) in [6.07, 6.45) is 1.80. The monoisotopic (exact) mass is 296 g/mol. The number of carbonyl (C=O) groups is 2. The van der Waals surface area contributed by atoms with E-state index in [1.54, 1.807) is 31.7 Å². The summed E-state index contributed by atoms with van der Waals surface area (Å²) in [4.78, 5) is 26.8. The third-order valence-corrected chi connectivity index (χ3v) is 3.68. The highest BCUT2D eigenvalue weighted by Crippen LogP contribution is 2.27. The molecule has 0 aromatic heterocycles. The van der Waals surface area contributed by atoms with Crippen molar-refractivity contribution < 1.29 is 19.4 Å². The van der Waals surface area contributed by atoms with Gasteiger partial charge in [0.05, 0.1) is 19.6 Å². The van der Waals surface area contributed by atoms with E-state index in [0.29, 0.717) is 13.0 Å². The molecular weight excluding hydrogens is 272 g/mol. The first kappa shape index (κ1) is 15.8. The van der Waals surface area contributed by atoms with Crippen molar-refractivity contribution in [2.45, 2.75) is 38.4 Å². The van der Waals surface area contributed by atoms with Crippen LogP contribution in [0.5, 0.6) is 0 Å². The van der Waals surface area contributed by atoms with Crippen LogP contribution in [0, 0.1) is 5.92 Å². The Labute approximate surface area is 125 Å². The Hall–Kier alpha value is -1.56. The summed E-state index contributed by atoms with van der Waals surface area (Å²) < 4.78 is 5.24. The number of rotatable bonds is 3. The summed E-state index contributed by atoms with van der Waals surface area (Å²) in [5.74, 6) is 0.187. The molecule has 0 aromatic carbocycles. The smallest absolute Gasteiger partial charge is 0.410 e. The number of amides is 2. The maximum Gasteiger partial charge on any atom is 0.410 e. The van der Waals surface area contributed by atoms with Crippen LogP contribution >= 0.6 is 0 Å². The number of hydrogen-bond acceptors (Lipinski definition) is 4. The van der Waals surface area contributed by atoms with E-state index in [4.69, 9.17) is 4.74 Å². The quantitative estimate of drug-likeness (QED) is 0.789. The van der Waals surface area contributed by atoms with Crippen LogP contribution in [0.3, 0.4) is 0 Å². The fourth-order valence-corrected chi connectivity index (χ4v) is 2.69. The normalized spacial score (nSPS) is 24.8. The second-order valence-corrected chi connectivity index (χ2v) is 7.03. The predicted molar refractivity (Wildman–Crippen MR) is 77.6 cm³/mol. The molecule has 6 heteroatoms. The highest BCUT2D eigenvalue weighted by molar-refractivity contribution is 5.79. The highest BCUT2D eigenvalue weighted by Gasteiger charge is 2.47. The molecule has 2 heterocycles. The molecule has 2 aliphatic heterocycles. The number of nitrogens with zero attached hydrogens (tertiary/aromatic N) is 2. The van der Waals surface area contributed by atoms with Crippen molar-refractivity contribution in [1.82, 2.24) is 9.80 Å². The first-order valence-corrected chi connectivity index (χ1v) is 7.22. The summed E-state index contributed by atoms with van der Waals surface area (Å²) >= 11 is 0. The molecule has 0 bridgehead atoms. The minimum Gasteiger partial charge on any atom is -0.444 e.